The highest BCUT2D eigenvalue weighted by Gasteiger charge is 2.28. The van der Waals surface area contributed by atoms with Crippen molar-refractivity contribution in [2.45, 2.75) is 24.2 Å². The van der Waals surface area contributed by atoms with E-state index in [-0.39, 0.29) is 10.6 Å². The van der Waals surface area contributed by atoms with Crippen LogP contribution in [0, 0.1) is 0 Å². The number of hydrogen-bond acceptors (Lipinski definition) is 3. The molecule has 1 amide bonds. The molecule has 1 aliphatic rings. The van der Waals surface area contributed by atoms with Gasteiger partial charge in [-0.3, -0.25) is 4.79 Å². The van der Waals surface area contributed by atoms with Crippen LogP contribution in [0.2, 0.25) is 5.02 Å². The van der Waals surface area contributed by atoms with Crippen LogP contribution in [-0.4, -0.2) is 36.3 Å². The first-order chi connectivity index (χ1) is 12.3. The zero-order valence-electron chi connectivity index (χ0n) is 14.2. The molecule has 1 fully saturated rings. The summed E-state index contributed by atoms with van der Waals surface area (Å²) < 4.78 is 29.4. The summed E-state index contributed by atoms with van der Waals surface area (Å²) in [6.07, 6.45) is 4.24. The Morgan fingerprint density at radius 1 is 1.19 bits per heavy atom. The molecule has 0 unspecified atom stereocenters. The number of piperidine rings is 1. The van der Waals surface area contributed by atoms with Crippen molar-refractivity contribution in [1.82, 2.24) is 8.87 Å². The molecule has 2 aromatic rings. The summed E-state index contributed by atoms with van der Waals surface area (Å²) in [6.45, 7) is 1.04. The third-order valence-electron chi connectivity index (χ3n) is 4.34. The highest BCUT2D eigenvalue weighted by atomic mass is 79.9. The van der Waals surface area contributed by atoms with Crippen LogP contribution in [0.15, 0.2) is 39.8 Å². The molecule has 1 N–H and O–H groups in total. The second kappa shape index (κ2) is 7.72. The van der Waals surface area contributed by atoms with Crippen LogP contribution in [0.4, 0.5) is 5.69 Å². The van der Waals surface area contributed by atoms with E-state index in [1.807, 2.05) is 0 Å². The fraction of sp³-hybridized carbons (Fsp3) is 0.353. The molecule has 1 aromatic carbocycles. The minimum atomic E-state index is -3.58. The number of carbonyl (C=O) groups excluding carboxylic acids is 1. The molecule has 1 saturated heterocycles. The molecular weight excluding hydrogens is 442 g/mol. The van der Waals surface area contributed by atoms with Gasteiger partial charge in [-0.15, -0.1) is 0 Å². The number of amides is 1. The summed E-state index contributed by atoms with van der Waals surface area (Å²) in [4.78, 5) is 12.7. The van der Waals surface area contributed by atoms with Crippen molar-refractivity contribution in [3.8, 4) is 0 Å². The van der Waals surface area contributed by atoms with Crippen LogP contribution in [0.3, 0.4) is 0 Å². The summed E-state index contributed by atoms with van der Waals surface area (Å²) in [5, 5.41) is 3.11. The van der Waals surface area contributed by atoms with Gasteiger partial charge in [-0.05, 0) is 37.1 Å². The minimum Gasteiger partial charge on any atom is -0.345 e. The van der Waals surface area contributed by atoms with E-state index in [9.17, 15) is 13.2 Å². The van der Waals surface area contributed by atoms with E-state index in [1.54, 1.807) is 25.2 Å². The summed E-state index contributed by atoms with van der Waals surface area (Å²) in [6, 6.07) is 6.53. The summed E-state index contributed by atoms with van der Waals surface area (Å²) in [5.41, 5.74) is 0.709. The van der Waals surface area contributed by atoms with Gasteiger partial charge < -0.3 is 9.88 Å². The highest BCUT2D eigenvalue weighted by Crippen LogP contribution is 2.27. The van der Waals surface area contributed by atoms with Crippen molar-refractivity contribution in [3.05, 3.63) is 45.7 Å². The molecule has 0 atom stereocenters. The van der Waals surface area contributed by atoms with Gasteiger partial charge in [-0.25, -0.2) is 8.42 Å². The molecule has 140 valence electrons. The molecule has 0 saturated carbocycles. The van der Waals surface area contributed by atoms with Crippen molar-refractivity contribution >= 4 is 49.1 Å². The number of aromatic nitrogens is 1. The van der Waals surface area contributed by atoms with Crippen LogP contribution in [0.5, 0.6) is 0 Å². The van der Waals surface area contributed by atoms with Crippen molar-refractivity contribution < 1.29 is 13.2 Å². The second-order valence-electron chi connectivity index (χ2n) is 6.21. The Hall–Kier alpha value is -1.35. The fourth-order valence-electron chi connectivity index (χ4n) is 2.93. The van der Waals surface area contributed by atoms with Crippen molar-refractivity contribution in [2.24, 2.45) is 7.05 Å². The van der Waals surface area contributed by atoms with Crippen LogP contribution in [0.25, 0.3) is 0 Å². The molecule has 6 nitrogen and oxygen atoms in total. The van der Waals surface area contributed by atoms with Gasteiger partial charge in [0, 0.05) is 30.8 Å². The van der Waals surface area contributed by atoms with Crippen molar-refractivity contribution in [2.75, 3.05) is 18.4 Å². The Labute approximate surface area is 166 Å². The molecule has 1 aliphatic heterocycles. The first-order valence-corrected chi connectivity index (χ1v) is 10.8. The number of benzene rings is 1. The number of hydrogen-bond donors (Lipinski definition) is 1. The number of nitrogens with one attached hydrogen (secondary N) is 1. The van der Waals surface area contributed by atoms with Gasteiger partial charge in [-0.1, -0.05) is 34.0 Å². The predicted molar refractivity (Wildman–Crippen MR) is 105 cm³/mol. The van der Waals surface area contributed by atoms with E-state index >= 15 is 0 Å². The first-order valence-electron chi connectivity index (χ1n) is 8.22. The first kappa shape index (κ1) is 19.4. The highest BCUT2D eigenvalue weighted by molar-refractivity contribution is 9.10. The molecule has 9 heteroatoms. The summed E-state index contributed by atoms with van der Waals surface area (Å²) >= 11 is 9.44. The lowest BCUT2D eigenvalue weighted by Crippen LogP contribution is -2.35. The molecule has 0 radical (unpaired) electrons. The minimum absolute atomic E-state index is 0.133. The summed E-state index contributed by atoms with van der Waals surface area (Å²) in [5.74, 6) is -0.420. The van der Waals surface area contributed by atoms with E-state index in [0.29, 0.717) is 23.8 Å². The topological polar surface area (TPSA) is 71.4 Å². The van der Waals surface area contributed by atoms with Gasteiger partial charge in [0.1, 0.15) is 10.6 Å². The lowest BCUT2D eigenvalue weighted by Gasteiger charge is -2.25. The van der Waals surface area contributed by atoms with E-state index < -0.39 is 15.9 Å². The number of carbonyl (C=O) groups is 1. The number of nitrogens with zero attached hydrogens (tertiary/aromatic N) is 2. The maximum absolute atomic E-state index is 12.8. The SMILES string of the molecule is Cn1cc(S(=O)(=O)N2CCCCC2)cc1C(=O)Nc1ccc(Br)cc1Cl. The standard InChI is InChI=1S/C17H19BrClN3O3S/c1-21-11-13(26(24,25)22-7-3-2-4-8-22)10-16(21)17(23)20-15-6-5-12(18)9-14(15)19/h5-6,9-11H,2-4,7-8H2,1H3,(H,20,23). The van der Waals surface area contributed by atoms with Crippen LogP contribution in [-0.2, 0) is 17.1 Å². The van der Waals surface area contributed by atoms with Crippen molar-refractivity contribution in [1.29, 1.82) is 0 Å². The Morgan fingerprint density at radius 3 is 2.54 bits per heavy atom. The largest absolute Gasteiger partial charge is 0.345 e. The third kappa shape index (κ3) is 3.98. The predicted octanol–water partition coefficient (Wildman–Crippen LogP) is 3.87. The molecule has 2 heterocycles. The molecular formula is C17H19BrClN3O3S. The van der Waals surface area contributed by atoms with Gasteiger partial charge in [0.2, 0.25) is 10.0 Å². The lowest BCUT2D eigenvalue weighted by molar-refractivity contribution is 0.101. The second-order valence-corrected chi connectivity index (χ2v) is 9.48. The average molecular weight is 461 g/mol. The molecule has 0 aliphatic carbocycles. The number of halogens is 2. The normalized spacial score (nSPS) is 15.8. The smallest absolute Gasteiger partial charge is 0.272 e. The zero-order chi connectivity index (χ0) is 18.9. The van der Waals surface area contributed by atoms with E-state index in [0.717, 1.165) is 23.7 Å². The van der Waals surface area contributed by atoms with Gasteiger partial charge in [-0.2, -0.15) is 4.31 Å². The number of sulfonamides is 1. The van der Waals surface area contributed by atoms with Gasteiger partial charge in [0.25, 0.3) is 5.91 Å². The van der Waals surface area contributed by atoms with E-state index in [4.69, 9.17) is 11.6 Å². The van der Waals surface area contributed by atoms with E-state index in [1.165, 1.54) is 21.1 Å². The van der Waals surface area contributed by atoms with Gasteiger partial charge >= 0.3 is 0 Å². The summed E-state index contributed by atoms with van der Waals surface area (Å²) in [7, 11) is -1.94. The maximum Gasteiger partial charge on any atom is 0.272 e. The molecule has 3 rings (SSSR count). The Bertz CT molecular complexity index is 937. The number of aryl methyl sites for hydroxylation is 1. The molecule has 1 aromatic heterocycles. The third-order valence-corrected chi connectivity index (χ3v) is 7.01. The zero-order valence-corrected chi connectivity index (χ0v) is 17.4. The Kier molecular flexibility index (Phi) is 5.76. The number of anilines is 1. The quantitative estimate of drug-likeness (QED) is 0.753. The Balaban J connectivity index is 1.84. The molecule has 26 heavy (non-hydrogen) atoms. The van der Waals surface area contributed by atoms with Crippen molar-refractivity contribution in [3.63, 3.8) is 0 Å². The lowest BCUT2D eigenvalue weighted by atomic mass is 10.2. The average Bonchev–Trinajstić information content (AvgIpc) is 3.01. The number of rotatable bonds is 4. The molecule has 0 spiro atoms. The fourth-order valence-corrected chi connectivity index (χ4v) is 5.24. The Morgan fingerprint density at radius 2 is 1.88 bits per heavy atom. The van der Waals surface area contributed by atoms with Crippen LogP contribution in [0.1, 0.15) is 29.8 Å². The maximum atomic E-state index is 12.8. The van der Waals surface area contributed by atoms with Gasteiger partial charge in [0.15, 0.2) is 0 Å². The van der Waals surface area contributed by atoms with Gasteiger partial charge in [0.05, 0.1) is 10.7 Å². The monoisotopic (exact) mass is 459 g/mol. The van der Waals surface area contributed by atoms with E-state index in [2.05, 4.69) is 21.2 Å². The molecule has 0 bridgehead atoms. The van der Waals surface area contributed by atoms with Crippen LogP contribution >= 0.6 is 27.5 Å². The van der Waals surface area contributed by atoms with Crippen LogP contribution < -0.4 is 5.32 Å².